The zero-order chi connectivity index (χ0) is 12.7. The van der Waals surface area contributed by atoms with Gasteiger partial charge in [0.05, 0.1) is 0 Å². The van der Waals surface area contributed by atoms with Crippen LogP contribution in [0.1, 0.15) is 27.2 Å². The summed E-state index contributed by atoms with van der Waals surface area (Å²) in [5.74, 6) is 0.784. The van der Waals surface area contributed by atoms with E-state index in [-0.39, 0.29) is 18.6 Å². The topological polar surface area (TPSA) is 29.5 Å². The highest BCUT2D eigenvalue weighted by molar-refractivity contribution is 5.78. The molecule has 0 saturated carbocycles. The van der Waals surface area contributed by atoms with Gasteiger partial charge in [0.1, 0.15) is 5.75 Å². The van der Waals surface area contributed by atoms with Crippen molar-refractivity contribution in [2.24, 2.45) is 0 Å². The summed E-state index contributed by atoms with van der Waals surface area (Å²) in [7, 11) is 0. The molecule has 0 N–H and O–H groups in total. The molecule has 1 amide bonds. The van der Waals surface area contributed by atoms with Crippen molar-refractivity contribution in [2.45, 2.75) is 33.2 Å². The first-order valence-electron chi connectivity index (χ1n) is 6.16. The maximum atomic E-state index is 11.9. The van der Waals surface area contributed by atoms with Crippen LogP contribution in [0.4, 0.5) is 0 Å². The summed E-state index contributed by atoms with van der Waals surface area (Å²) in [5.41, 5.74) is 0. The number of amides is 1. The first-order valence-corrected chi connectivity index (χ1v) is 6.16. The molecule has 0 aliphatic heterocycles. The van der Waals surface area contributed by atoms with Crippen LogP contribution >= 0.6 is 0 Å². The second-order valence-corrected chi connectivity index (χ2v) is 4.04. The third-order valence-electron chi connectivity index (χ3n) is 2.89. The minimum atomic E-state index is 0.0469. The fraction of sp³-hybridized carbons (Fsp3) is 0.500. The third kappa shape index (κ3) is 4.10. The van der Waals surface area contributed by atoms with Crippen LogP contribution in [0.2, 0.25) is 0 Å². The number of benzene rings is 1. The van der Waals surface area contributed by atoms with Gasteiger partial charge in [0.25, 0.3) is 5.91 Å². The molecule has 0 aliphatic carbocycles. The van der Waals surface area contributed by atoms with Crippen molar-refractivity contribution in [3.05, 3.63) is 30.3 Å². The standard InChI is InChI=1S/C14H21NO2/c1-4-12(3)15(5-2)14(16)11-17-13-9-7-6-8-10-13/h6-10,12H,4-5,11H2,1-3H3. The van der Waals surface area contributed by atoms with Crippen LogP contribution in [0.15, 0.2) is 30.3 Å². The predicted octanol–water partition coefficient (Wildman–Crippen LogP) is 2.71. The fourth-order valence-electron chi connectivity index (χ4n) is 1.70. The first-order chi connectivity index (χ1) is 8.19. The second-order valence-electron chi connectivity index (χ2n) is 4.04. The van der Waals surface area contributed by atoms with E-state index in [0.29, 0.717) is 0 Å². The smallest absolute Gasteiger partial charge is 0.260 e. The molecule has 3 heteroatoms. The van der Waals surface area contributed by atoms with Crippen molar-refractivity contribution in [3.8, 4) is 5.75 Å². The largest absolute Gasteiger partial charge is 0.484 e. The molecule has 94 valence electrons. The Kier molecular flexibility index (Phi) is 5.53. The van der Waals surface area contributed by atoms with Gasteiger partial charge >= 0.3 is 0 Å². The van der Waals surface area contributed by atoms with Gasteiger partial charge in [-0.2, -0.15) is 0 Å². The molecule has 0 radical (unpaired) electrons. The van der Waals surface area contributed by atoms with E-state index < -0.39 is 0 Å². The van der Waals surface area contributed by atoms with Gasteiger partial charge in [-0.15, -0.1) is 0 Å². The van der Waals surface area contributed by atoms with Crippen LogP contribution in [0.5, 0.6) is 5.75 Å². The summed E-state index contributed by atoms with van der Waals surface area (Å²) < 4.78 is 5.45. The summed E-state index contributed by atoms with van der Waals surface area (Å²) in [6, 6.07) is 9.69. The first kappa shape index (κ1) is 13.6. The van der Waals surface area contributed by atoms with Gasteiger partial charge in [-0.1, -0.05) is 25.1 Å². The van der Waals surface area contributed by atoms with Crippen LogP contribution in [0.25, 0.3) is 0 Å². The van der Waals surface area contributed by atoms with Crippen LogP contribution < -0.4 is 4.74 Å². The average molecular weight is 235 g/mol. The van der Waals surface area contributed by atoms with Crippen LogP contribution in [0, 0.1) is 0 Å². The van der Waals surface area contributed by atoms with Crippen molar-refractivity contribution in [1.82, 2.24) is 4.90 Å². The molecule has 1 atom stereocenters. The van der Waals surface area contributed by atoms with Crippen LogP contribution in [-0.4, -0.2) is 30.0 Å². The molecular formula is C14H21NO2. The third-order valence-corrected chi connectivity index (χ3v) is 2.89. The van der Waals surface area contributed by atoms with E-state index in [4.69, 9.17) is 4.74 Å². The number of para-hydroxylation sites is 1. The van der Waals surface area contributed by atoms with E-state index >= 15 is 0 Å². The number of hydrogen-bond acceptors (Lipinski definition) is 2. The summed E-state index contributed by atoms with van der Waals surface area (Å²) in [5, 5.41) is 0. The molecule has 0 heterocycles. The molecule has 0 bridgehead atoms. The highest BCUT2D eigenvalue weighted by Gasteiger charge is 2.17. The lowest BCUT2D eigenvalue weighted by atomic mass is 10.2. The van der Waals surface area contributed by atoms with Gasteiger partial charge in [-0.3, -0.25) is 4.79 Å². The molecule has 1 unspecified atom stereocenters. The Labute approximate surface area is 103 Å². The lowest BCUT2D eigenvalue weighted by Crippen LogP contribution is -2.40. The number of rotatable bonds is 6. The molecule has 0 aliphatic rings. The van der Waals surface area contributed by atoms with E-state index in [2.05, 4.69) is 13.8 Å². The maximum Gasteiger partial charge on any atom is 0.260 e. The number of hydrogen-bond donors (Lipinski definition) is 0. The predicted molar refractivity (Wildman–Crippen MR) is 69.1 cm³/mol. The highest BCUT2D eigenvalue weighted by atomic mass is 16.5. The van der Waals surface area contributed by atoms with Gasteiger partial charge in [0.15, 0.2) is 6.61 Å². The van der Waals surface area contributed by atoms with Crippen molar-refractivity contribution in [3.63, 3.8) is 0 Å². The van der Waals surface area contributed by atoms with Gasteiger partial charge in [-0.05, 0) is 32.4 Å². The lowest BCUT2D eigenvalue weighted by molar-refractivity contribution is -0.135. The average Bonchev–Trinajstić information content (AvgIpc) is 2.38. The summed E-state index contributed by atoms with van der Waals surface area (Å²) >= 11 is 0. The van der Waals surface area contributed by atoms with E-state index in [9.17, 15) is 4.79 Å². The Bertz CT molecular complexity index is 337. The second kappa shape index (κ2) is 6.94. The molecule has 0 fully saturated rings. The zero-order valence-corrected chi connectivity index (χ0v) is 10.8. The molecule has 1 rings (SSSR count). The van der Waals surface area contributed by atoms with Gasteiger partial charge in [-0.25, -0.2) is 0 Å². The van der Waals surface area contributed by atoms with Gasteiger partial charge < -0.3 is 9.64 Å². The van der Waals surface area contributed by atoms with Crippen molar-refractivity contribution in [2.75, 3.05) is 13.2 Å². The van der Waals surface area contributed by atoms with Gasteiger partial charge in [0, 0.05) is 12.6 Å². The van der Waals surface area contributed by atoms with Crippen LogP contribution in [0.3, 0.4) is 0 Å². The molecule has 0 saturated heterocycles. The monoisotopic (exact) mass is 235 g/mol. The normalized spacial score (nSPS) is 11.9. The number of carbonyl (C=O) groups excluding carboxylic acids is 1. The Balaban J connectivity index is 2.48. The Hall–Kier alpha value is -1.51. The molecule has 0 aromatic heterocycles. The van der Waals surface area contributed by atoms with Crippen LogP contribution in [-0.2, 0) is 4.79 Å². The van der Waals surface area contributed by atoms with Crippen molar-refractivity contribution < 1.29 is 9.53 Å². The Morgan fingerprint density at radius 2 is 1.94 bits per heavy atom. The molecule has 1 aromatic carbocycles. The van der Waals surface area contributed by atoms with E-state index in [1.807, 2.05) is 42.2 Å². The van der Waals surface area contributed by atoms with E-state index in [1.54, 1.807) is 0 Å². The van der Waals surface area contributed by atoms with E-state index in [0.717, 1.165) is 18.7 Å². The number of carbonyl (C=O) groups is 1. The number of nitrogens with zero attached hydrogens (tertiary/aromatic N) is 1. The SMILES string of the molecule is CCC(C)N(CC)C(=O)COc1ccccc1. The molecule has 0 spiro atoms. The van der Waals surface area contributed by atoms with Crippen molar-refractivity contribution in [1.29, 1.82) is 0 Å². The molecular weight excluding hydrogens is 214 g/mol. The van der Waals surface area contributed by atoms with Crippen molar-refractivity contribution >= 4 is 5.91 Å². The maximum absolute atomic E-state index is 11.9. The number of likely N-dealkylation sites (N-methyl/N-ethyl adjacent to an activating group) is 1. The molecule has 3 nitrogen and oxygen atoms in total. The summed E-state index contributed by atoms with van der Waals surface area (Å²) in [4.78, 5) is 13.8. The molecule has 17 heavy (non-hydrogen) atoms. The fourth-order valence-corrected chi connectivity index (χ4v) is 1.70. The minimum Gasteiger partial charge on any atom is -0.484 e. The Morgan fingerprint density at radius 3 is 2.47 bits per heavy atom. The highest BCUT2D eigenvalue weighted by Crippen LogP contribution is 2.09. The quantitative estimate of drug-likeness (QED) is 0.758. The summed E-state index contributed by atoms with van der Waals surface area (Å²) in [6.45, 7) is 6.98. The Morgan fingerprint density at radius 1 is 1.29 bits per heavy atom. The zero-order valence-electron chi connectivity index (χ0n) is 10.8. The van der Waals surface area contributed by atoms with E-state index in [1.165, 1.54) is 0 Å². The molecule has 1 aromatic rings. The lowest BCUT2D eigenvalue weighted by Gasteiger charge is -2.27. The summed E-state index contributed by atoms with van der Waals surface area (Å²) in [6.07, 6.45) is 0.963. The minimum absolute atomic E-state index is 0.0469. The number of ether oxygens (including phenoxy) is 1. The van der Waals surface area contributed by atoms with Gasteiger partial charge in [0.2, 0.25) is 0 Å².